The summed E-state index contributed by atoms with van der Waals surface area (Å²) in [6, 6.07) is 14.7. The van der Waals surface area contributed by atoms with Gasteiger partial charge < -0.3 is 5.32 Å². The second kappa shape index (κ2) is 8.34. The Balaban J connectivity index is 1.78. The van der Waals surface area contributed by atoms with Crippen LogP contribution in [0.4, 0.5) is 4.39 Å². The van der Waals surface area contributed by atoms with Crippen molar-refractivity contribution in [1.82, 2.24) is 5.32 Å². The maximum atomic E-state index is 13.1. The van der Waals surface area contributed by atoms with E-state index in [2.05, 4.69) is 21.2 Å². The van der Waals surface area contributed by atoms with E-state index in [1.165, 1.54) is 17.8 Å². The first kappa shape index (κ1) is 17.0. The van der Waals surface area contributed by atoms with Crippen molar-refractivity contribution in [1.29, 1.82) is 0 Å². The molecule has 0 bridgehead atoms. The van der Waals surface area contributed by atoms with E-state index in [0.29, 0.717) is 17.4 Å². The Kier molecular flexibility index (Phi) is 6.46. The molecular weight excluding hydrogens is 365 g/mol. The smallest absolute Gasteiger partial charge is 0.233 e. The van der Waals surface area contributed by atoms with E-state index in [4.69, 9.17) is 0 Å². The third-order valence-corrected chi connectivity index (χ3v) is 4.84. The van der Waals surface area contributed by atoms with Crippen LogP contribution in [0, 0.1) is 5.82 Å². The van der Waals surface area contributed by atoms with Crippen LogP contribution in [0.25, 0.3) is 0 Å². The minimum absolute atomic E-state index is 0.00929. The van der Waals surface area contributed by atoms with Gasteiger partial charge in [0, 0.05) is 11.4 Å². The van der Waals surface area contributed by atoms with Crippen molar-refractivity contribution >= 4 is 33.6 Å². The molecule has 1 atom stereocenters. The largest absolute Gasteiger partial charge is 0.355 e. The summed E-state index contributed by atoms with van der Waals surface area (Å²) in [6.07, 6.45) is 0.674. The van der Waals surface area contributed by atoms with E-state index in [9.17, 15) is 9.18 Å². The molecule has 2 nitrogen and oxygen atoms in total. The molecule has 0 fully saturated rings. The van der Waals surface area contributed by atoms with Crippen molar-refractivity contribution in [2.45, 2.75) is 23.5 Å². The van der Waals surface area contributed by atoms with Crippen molar-refractivity contribution in [3.8, 4) is 0 Å². The second-order valence-corrected chi connectivity index (χ2v) is 7.13. The molecule has 22 heavy (non-hydrogen) atoms. The quantitative estimate of drug-likeness (QED) is 0.749. The van der Waals surface area contributed by atoms with E-state index in [1.807, 2.05) is 37.3 Å². The van der Waals surface area contributed by atoms with Crippen LogP contribution in [0.1, 0.15) is 12.5 Å². The summed E-state index contributed by atoms with van der Waals surface area (Å²) in [5, 5.41) is 2.77. The van der Waals surface area contributed by atoms with Gasteiger partial charge in [0.1, 0.15) is 5.82 Å². The van der Waals surface area contributed by atoms with Crippen LogP contribution in [0.3, 0.4) is 0 Å². The average molecular weight is 382 g/mol. The van der Waals surface area contributed by atoms with Gasteiger partial charge in [-0.25, -0.2) is 4.39 Å². The number of benzene rings is 2. The van der Waals surface area contributed by atoms with Crippen LogP contribution in [-0.4, -0.2) is 17.7 Å². The van der Waals surface area contributed by atoms with Crippen LogP contribution >= 0.6 is 27.7 Å². The maximum absolute atomic E-state index is 13.1. The van der Waals surface area contributed by atoms with Crippen molar-refractivity contribution in [3.63, 3.8) is 0 Å². The molecule has 0 saturated carbocycles. The van der Waals surface area contributed by atoms with E-state index < -0.39 is 0 Å². The van der Waals surface area contributed by atoms with Gasteiger partial charge in [-0.1, -0.05) is 24.3 Å². The minimum atomic E-state index is -0.277. The van der Waals surface area contributed by atoms with Crippen LogP contribution in [0.5, 0.6) is 0 Å². The lowest BCUT2D eigenvalue weighted by Gasteiger charge is -2.12. The lowest BCUT2D eigenvalue weighted by molar-refractivity contribution is -0.120. The summed E-state index contributed by atoms with van der Waals surface area (Å²) in [7, 11) is 0. The standard InChI is InChI=1S/C17H17BrFNOS/c1-12(22-14-5-3-2-4-6-14)17(21)20-10-9-13-7-8-16(19)15(18)11-13/h2-8,11-12H,9-10H2,1H3,(H,20,21). The Morgan fingerprint density at radius 2 is 2.00 bits per heavy atom. The highest BCUT2D eigenvalue weighted by molar-refractivity contribution is 9.10. The molecule has 0 aliphatic heterocycles. The zero-order valence-electron chi connectivity index (χ0n) is 12.2. The highest BCUT2D eigenvalue weighted by Gasteiger charge is 2.13. The lowest BCUT2D eigenvalue weighted by atomic mass is 10.1. The third kappa shape index (κ3) is 5.14. The fraction of sp³-hybridized carbons (Fsp3) is 0.235. The Morgan fingerprint density at radius 3 is 2.68 bits per heavy atom. The third-order valence-electron chi connectivity index (χ3n) is 3.12. The summed E-state index contributed by atoms with van der Waals surface area (Å²) in [5.74, 6) is -0.268. The lowest BCUT2D eigenvalue weighted by Crippen LogP contribution is -2.32. The monoisotopic (exact) mass is 381 g/mol. The molecule has 0 aliphatic rings. The van der Waals surface area contributed by atoms with Crippen LogP contribution in [0.15, 0.2) is 57.9 Å². The van der Waals surface area contributed by atoms with E-state index in [-0.39, 0.29) is 17.0 Å². The molecule has 0 saturated heterocycles. The zero-order chi connectivity index (χ0) is 15.9. The number of carbonyl (C=O) groups is 1. The Morgan fingerprint density at radius 1 is 1.27 bits per heavy atom. The van der Waals surface area contributed by atoms with Gasteiger partial charge in [-0.05, 0) is 59.1 Å². The molecule has 1 unspecified atom stereocenters. The summed E-state index contributed by atoms with van der Waals surface area (Å²) >= 11 is 4.69. The number of halogens is 2. The molecule has 0 aromatic heterocycles. The highest BCUT2D eigenvalue weighted by atomic mass is 79.9. The summed E-state index contributed by atoms with van der Waals surface area (Å²) in [5.41, 5.74) is 0.983. The van der Waals surface area contributed by atoms with Gasteiger partial charge in [-0.3, -0.25) is 4.79 Å². The first-order valence-corrected chi connectivity index (χ1v) is 8.67. The molecule has 116 valence electrons. The van der Waals surface area contributed by atoms with Gasteiger partial charge in [0.2, 0.25) is 5.91 Å². The number of nitrogens with one attached hydrogen (secondary N) is 1. The topological polar surface area (TPSA) is 29.1 Å². The van der Waals surface area contributed by atoms with Gasteiger partial charge in [0.25, 0.3) is 0 Å². The fourth-order valence-corrected chi connectivity index (χ4v) is 3.26. The number of rotatable bonds is 6. The average Bonchev–Trinajstić information content (AvgIpc) is 2.51. The fourth-order valence-electron chi connectivity index (χ4n) is 1.93. The van der Waals surface area contributed by atoms with E-state index in [0.717, 1.165) is 10.5 Å². The number of carbonyl (C=O) groups excluding carboxylic acids is 1. The molecule has 0 radical (unpaired) electrons. The van der Waals surface area contributed by atoms with Crippen LogP contribution < -0.4 is 5.32 Å². The van der Waals surface area contributed by atoms with Gasteiger partial charge in [0.15, 0.2) is 0 Å². The molecule has 1 N–H and O–H groups in total. The minimum Gasteiger partial charge on any atom is -0.355 e. The molecule has 5 heteroatoms. The number of thioether (sulfide) groups is 1. The molecule has 2 aromatic carbocycles. The molecule has 2 rings (SSSR count). The van der Waals surface area contributed by atoms with Gasteiger partial charge >= 0.3 is 0 Å². The molecule has 2 aromatic rings. The Bertz CT molecular complexity index is 636. The van der Waals surface area contributed by atoms with Crippen LogP contribution in [-0.2, 0) is 11.2 Å². The summed E-state index contributed by atoms with van der Waals surface area (Å²) < 4.78 is 13.6. The maximum Gasteiger partial charge on any atom is 0.233 e. The predicted octanol–water partition coefficient (Wildman–Crippen LogP) is 4.43. The zero-order valence-corrected chi connectivity index (χ0v) is 14.6. The van der Waals surface area contributed by atoms with Gasteiger partial charge in [-0.15, -0.1) is 11.8 Å². The molecule has 0 heterocycles. The normalized spacial score (nSPS) is 12.0. The Labute approximate surface area is 142 Å². The number of hydrogen-bond donors (Lipinski definition) is 1. The van der Waals surface area contributed by atoms with E-state index in [1.54, 1.807) is 12.1 Å². The predicted molar refractivity (Wildman–Crippen MR) is 92.6 cm³/mol. The number of hydrogen-bond acceptors (Lipinski definition) is 2. The molecular formula is C17H17BrFNOS. The summed E-state index contributed by atoms with van der Waals surface area (Å²) in [4.78, 5) is 13.1. The van der Waals surface area contributed by atoms with Gasteiger partial charge in [-0.2, -0.15) is 0 Å². The van der Waals surface area contributed by atoms with E-state index >= 15 is 0 Å². The van der Waals surface area contributed by atoms with Crippen molar-refractivity contribution < 1.29 is 9.18 Å². The molecule has 0 spiro atoms. The first-order chi connectivity index (χ1) is 10.6. The molecule has 1 amide bonds. The van der Waals surface area contributed by atoms with Crippen LogP contribution in [0.2, 0.25) is 0 Å². The Hall–Kier alpha value is -1.33. The SMILES string of the molecule is CC(Sc1ccccc1)C(=O)NCCc1ccc(F)c(Br)c1. The second-order valence-electron chi connectivity index (χ2n) is 4.86. The van der Waals surface area contributed by atoms with Crippen molar-refractivity contribution in [2.24, 2.45) is 0 Å². The van der Waals surface area contributed by atoms with Gasteiger partial charge in [0.05, 0.1) is 9.72 Å². The summed E-state index contributed by atoms with van der Waals surface area (Å²) in [6.45, 7) is 2.43. The number of amides is 1. The first-order valence-electron chi connectivity index (χ1n) is 6.99. The van der Waals surface area contributed by atoms with Crippen molar-refractivity contribution in [2.75, 3.05) is 6.54 Å². The molecule has 0 aliphatic carbocycles. The van der Waals surface area contributed by atoms with Crippen molar-refractivity contribution in [3.05, 3.63) is 64.4 Å². The highest BCUT2D eigenvalue weighted by Crippen LogP contribution is 2.22.